The number of imidazole rings is 1. The summed E-state index contributed by atoms with van der Waals surface area (Å²) in [6.45, 7) is 4.69. The second kappa shape index (κ2) is 17.1. The molecule has 0 aliphatic rings. The van der Waals surface area contributed by atoms with Crippen LogP contribution in [0.4, 0.5) is 0 Å². The van der Waals surface area contributed by atoms with Gasteiger partial charge in [-0.3, -0.25) is 9.55 Å². The first-order valence-electron chi connectivity index (χ1n) is 25.0. The molecule has 0 aliphatic heterocycles. The Morgan fingerprint density at radius 3 is 2.13 bits per heavy atom. The van der Waals surface area contributed by atoms with Crippen molar-refractivity contribution in [2.75, 3.05) is 0 Å². The van der Waals surface area contributed by atoms with Crippen LogP contribution >= 0.6 is 0 Å². The van der Waals surface area contributed by atoms with Crippen molar-refractivity contribution in [3.63, 3.8) is 0 Å². The summed E-state index contributed by atoms with van der Waals surface area (Å²) in [7, 11) is 0. The molecule has 2 heterocycles. The van der Waals surface area contributed by atoms with E-state index < -0.39 is 26.0 Å². The molecule has 61 heavy (non-hydrogen) atoms. The zero-order valence-electron chi connectivity index (χ0n) is 44.6. The molecule has 0 saturated heterocycles. The molecule has 6 aromatic carbocycles. The minimum absolute atomic E-state index is 0. The maximum atomic E-state index is 11.8. The van der Waals surface area contributed by atoms with Crippen molar-refractivity contribution in [2.45, 2.75) is 86.3 Å². The number of aromatic nitrogens is 3. The summed E-state index contributed by atoms with van der Waals surface area (Å²) in [6, 6.07) is 44.3. The Balaban J connectivity index is 0.00000722. The fraction of sp³-hybridized carbons (Fsp3) is 0.250. The Labute approximate surface area is 389 Å². The van der Waals surface area contributed by atoms with Crippen LogP contribution in [0.15, 0.2) is 134 Å². The number of aromatic hydroxyl groups is 1. The maximum absolute atomic E-state index is 11.8. The van der Waals surface area contributed by atoms with E-state index in [-0.39, 0.29) is 37.8 Å². The van der Waals surface area contributed by atoms with Gasteiger partial charge < -0.3 is 5.11 Å². The third kappa shape index (κ3) is 8.93. The predicted molar refractivity (Wildman–Crippen MR) is 252 cm³/mol. The summed E-state index contributed by atoms with van der Waals surface area (Å²) < 4.78 is 75.8. The molecular formula is C56H56N3OPt-. The van der Waals surface area contributed by atoms with E-state index in [9.17, 15) is 5.11 Å². The van der Waals surface area contributed by atoms with Crippen molar-refractivity contribution >= 4 is 11.0 Å². The van der Waals surface area contributed by atoms with Gasteiger partial charge in [-0.05, 0) is 106 Å². The van der Waals surface area contributed by atoms with E-state index in [0.29, 0.717) is 45.2 Å². The molecule has 0 spiro atoms. The van der Waals surface area contributed by atoms with Crippen molar-refractivity contribution in [1.29, 1.82) is 0 Å². The van der Waals surface area contributed by atoms with Crippen molar-refractivity contribution in [2.24, 2.45) is 5.92 Å². The van der Waals surface area contributed by atoms with Crippen LogP contribution in [0.1, 0.15) is 95.3 Å². The molecule has 2 aromatic heterocycles. The van der Waals surface area contributed by atoms with Crippen LogP contribution in [0, 0.1) is 25.8 Å². The van der Waals surface area contributed by atoms with Crippen molar-refractivity contribution in [1.82, 2.24) is 14.5 Å². The van der Waals surface area contributed by atoms with Crippen LogP contribution in [0.2, 0.25) is 0 Å². The number of benzene rings is 6. The number of phenolic OH excluding ortho intramolecular Hbond substituents is 1. The van der Waals surface area contributed by atoms with E-state index in [2.05, 4.69) is 93.8 Å². The number of nitrogens with zero attached hydrogens (tertiary/aromatic N) is 3. The second-order valence-corrected chi connectivity index (χ2v) is 17.4. The third-order valence-corrected chi connectivity index (χ3v) is 11.1. The van der Waals surface area contributed by atoms with Gasteiger partial charge in [-0.1, -0.05) is 151 Å². The average molecular weight is 991 g/mol. The van der Waals surface area contributed by atoms with Gasteiger partial charge in [0.15, 0.2) is 0 Å². The van der Waals surface area contributed by atoms with E-state index in [1.807, 2.05) is 62.4 Å². The third-order valence-electron chi connectivity index (χ3n) is 11.1. The van der Waals surface area contributed by atoms with Crippen LogP contribution in [-0.4, -0.2) is 19.6 Å². The summed E-state index contributed by atoms with van der Waals surface area (Å²) in [4.78, 5) is 10.3. The number of aryl methyl sites for hydroxylation is 2. The van der Waals surface area contributed by atoms with Gasteiger partial charge in [0.1, 0.15) is 11.6 Å². The summed E-state index contributed by atoms with van der Waals surface area (Å²) in [6.07, 6.45) is 2.58. The zero-order valence-corrected chi connectivity index (χ0v) is 37.9. The Kier molecular flexibility index (Phi) is 9.26. The average Bonchev–Trinajstić information content (AvgIpc) is 3.66. The molecule has 0 unspecified atom stereocenters. The van der Waals surface area contributed by atoms with E-state index in [1.54, 1.807) is 24.4 Å². The topological polar surface area (TPSA) is 50.9 Å². The molecule has 5 heteroatoms. The van der Waals surface area contributed by atoms with Crippen LogP contribution in [-0.2, 0) is 38.3 Å². The van der Waals surface area contributed by atoms with E-state index >= 15 is 0 Å². The Morgan fingerprint density at radius 1 is 0.689 bits per heavy atom. The molecule has 0 amide bonds. The van der Waals surface area contributed by atoms with E-state index in [0.717, 1.165) is 56.6 Å². The molecule has 0 atom stereocenters. The number of rotatable bonds is 8. The molecule has 4 nitrogen and oxygen atoms in total. The van der Waals surface area contributed by atoms with Gasteiger partial charge in [0.05, 0.1) is 22.3 Å². The summed E-state index contributed by atoms with van der Waals surface area (Å²) in [5, 5.41) is 11.8. The fourth-order valence-electron chi connectivity index (χ4n) is 8.05. The first-order chi connectivity index (χ1) is 32.3. The minimum Gasteiger partial charge on any atom is -0.507 e. The minimum atomic E-state index is -3.37. The number of para-hydroxylation sites is 1. The number of fused-ring (bicyclic) bond motifs is 1. The van der Waals surface area contributed by atoms with Crippen molar-refractivity contribution in [3.05, 3.63) is 167 Å². The quantitative estimate of drug-likeness (QED) is 0.154. The van der Waals surface area contributed by atoms with Gasteiger partial charge in [0.25, 0.3) is 0 Å². The Morgan fingerprint density at radius 2 is 1.43 bits per heavy atom. The van der Waals surface area contributed by atoms with Gasteiger partial charge in [-0.25, -0.2) is 4.98 Å². The van der Waals surface area contributed by atoms with Gasteiger partial charge >= 0.3 is 0 Å². The molecule has 0 aliphatic carbocycles. The Bertz CT molecular complexity index is 3170. The van der Waals surface area contributed by atoms with Crippen molar-refractivity contribution in [3.8, 4) is 67.5 Å². The Hall–Kier alpha value is -5.57. The molecule has 0 radical (unpaired) electrons. The monoisotopic (exact) mass is 990 g/mol. The maximum Gasteiger partial charge on any atom is 0.148 e. The standard InChI is InChI=1S/C56H56N3O.Pt/c1-35(2)27-38-19-24-50(47(30-38)40-15-12-11-13-16-40)59-51-18-14-17-46(52(51)58-54(59)48-29-36(3)28-37(4)53(48)60)42-31-43(33-45(32-42)56(8,9)10)49-34-41(25-26-57-49)39-20-22-44(23-21-39)55(5,6)7;/h11-26,28-30,32-35,60H,27H2,1-10H3;/q-1;/i5D3,6D3,7D3;. The van der Waals surface area contributed by atoms with Gasteiger partial charge in [-0.15, -0.1) is 29.3 Å². The molecule has 0 bridgehead atoms. The molecular weight excluding hydrogens is 926 g/mol. The first kappa shape index (κ1) is 33.1. The molecule has 1 N–H and O–H groups in total. The fourth-order valence-corrected chi connectivity index (χ4v) is 8.05. The number of pyridine rings is 1. The number of hydrogen-bond acceptors (Lipinski definition) is 3. The molecule has 8 rings (SSSR count). The molecule has 0 fully saturated rings. The summed E-state index contributed by atoms with van der Waals surface area (Å²) >= 11 is 0. The van der Waals surface area contributed by atoms with Gasteiger partial charge in [-0.2, -0.15) is 0 Å². The van der Waals surface area contributed by atoms with Crippen LogP contribution in [0.3, 0.4) is 0 Å². The predicted octanol–water partition coefficient (Wildman–Crippen LogP) is 14.7. The summed E-state index contributed by atoms with van der Waals surface area (Å²) in [5.74, 6) is 1.21. The molecule has 8 aromatic rings. The van der Waals surface area contributed by atoms with E-state index in [4.69, 9.17) is 22.3 Å². The smallest absolute Gasteiger partial charge is 0.148 e. The first-order valence-corrected chi connectivity index (χ1v) is 20.5. The number of hydrogen-bond donors (Lipinski definition) is 1. The van der Waals surface area contributed by atoms with Crippen LogP contribution < -0.4 is 0 Å². The zero-order chi connectivity index (χ0) is 50.0. The SMILES string of the molecule is [2H]C([2H])([2H])C(c1ccc(-c2ccnc(-c3[c-]c(-c4cccc5c4nc(-c4cc(C)cc(C)c4O)n5-c4ccc(CC(C)C)cc4-c4ccccc4)cc(C(C)(C)C)c3)c2)cc1)(C([2H])([2H])[2H])C([2H])([2H])[2H].[Pt]. The number of phenols is 1. The normalized spacial score (nSPS) is 14.7. The van der Waals surface area contributed by atoms with E-state index in [1.165, 1.54) is 17.7 Å². The van der Waals surface area contributed by atoms with Gasteiger partial charge in [0.2, 0.25) is 0 Å². The van der Waals surface area contributed by atoms with Crippen molar-refractivity contribution < 1.29 is 38.5 Å². The molecule has 312 valence electrons. The second-order valence-electron chi connectivity index (χ2n) is 17.4. The summed E-state index contributed by atoms with van der Waals surface area (Å²) in [5.41, 5.74) is 9.66. The molecule has 0 saturated carbocycles. The largest absolute Gasteiger partial charge is 0.507 e. The van der Waals surface area contributed by atoms with Crippen LogP contribution in [0.5, 0.6) is 5.75 Å². The van der Waals surface area contributed by atoms with Gasteiger partial charge in [0, 0.05) is 50.9 Å². The van der Waals surface area contributed by atoms with Crippen LogP contribution in [0.25, 0.3) is 72.7 Å².